The second-order valence-electron chi connectivity index (χ2n) is 5.04. The summed E-state index contributed by atoms with van der Waals surface area (Å²) in [6.07, 6.45) is 3.96. The molecule has 0 N–H and O–H groups in total. The van der Waals surface area contributed by atoms with E-state index in [1.807, 2.05) is 0 Å². The van der Waals surface area contributed by atoms with Crippen molar-refractivity contribution in [2.75, 3.05) is 7.11 Å². The maximum absolute atomic E-state index is 13.4. The molecule has 0 radical (unpaired) electrons. The number of hydrogen-bond donors (Lipinski definition) is 0. The van der Waals surface area contributed by atoms with Crippen molar-refractivity contribution in [1.82, 2.24) is 0 Å². The molecule has 1 unspecified atom stereocenters. The fraction of sp³-hybridized carbons (Fsp3) is 0.571. The molecule has 1 saturated carbocycles. The number of alkyl halides is 1. The summed E-state index contributed by atoms with van der Waals surface area (Å²) in [5.74, 6) is -0.294. The lowest BCUT2D eigenvalue weighted by Gasteiger charge is -2.42. The third kappa shape index (κ3) is 2.66. The zero-order valence-corrected chi connectivity index (χ0v) is 12.1. The van der Waals surface area contributed by atoms with Crippen LogP contribution in [-0.2, 0) is 4.74 Å². The van der Waals surface area contributed by atoms with Crippen LogP contribution in [-0.4, -0.2) is 12.7 Å². The molecular weight excluding hydrogens is 274 g/mol. The Morgan fingerprint density at radius 1 is 1.44 bits per heavy atom. The van der Waals surface area contributed by atoms with Gasteiger partial charge in [0.2, 0.25) is 0 Å². The van der Waals surface area contributed by atoms with Crippen LogP contribution in [0.3, 0.4) is 0 Å². The second-order valence-corrected chi connectivity index (χ2v) is 5.97. The Balaban J connectivity index is 2.18. The van der Waals surface area contributed by atoms with Gasteiger partial charge in [0.25, 0.3) is 0 Å². The third-order valence-corrected chi connectivity index (χ3v) is 4.58. The van der Waals surface area contributed by atoms with Gasteiger partial charge in [0.1, 0.15) is 5.82 Å². The number of methoxy groups -OCH3 is 1. The molecule has 1 atom stereocenters. The van der Waals surface area contributed by atoms with Crippen molar-refractivity contribution in [3.8, 4) is 0 Å². The summed E-state index contributed by atoms with van der Waals surface area (Å²) in [6.45, 7) is 1.72. The monoisotopic (exact) mass is 290 g/mol. The zero-order valence-electron chi connectivity index (χ0n) is 10.6. The molecule has 18 heavy (non-hydrogen) atoms. The van der Waals surface area contributed by atoms with Gasteiger partial charge in [-0.25, -0.2) is 4.39 Å². The van der Waals surface area contributed by atoms with Crippen LogP contribution in [0.4, 0.5) is 4.39 Å². The number of ether oxygens (including phenoxy) is 1. The lowest BCUT2D eigenvalue weighted by atomic mass is 9.76. The number of aryl methyl sites for hydroxylation is 1. The van der Waals surface area contributed by atoms with Crippen LogP contribution in [0.2, 0.25) is 5.02 Å². The van der Waals surface area contributed by atoms with Gasteiger partial charge in [0, 0.05) is 12.1 Å². The normalized spacial score (nSPS) is 19.4. The molecular formula is C14H17Cl2FO. The predicted octanol–water partition coefficient (Wildman–Crippen LogP) is 5.03. The lowest BCUT2D eigenvalue weighted by Crippen LogP contribution is -2.39. The van der Waals surface area contributed by atoms with Gasteiger partial charge in [-0.15, -0.1) is 11.6 Å². The Kier molecular flexibility index (Phi) is 4.20. The molecule has 4 heteroatoms. The van der Waals surface area contributed by atoms with E-state index in [-0.39, 0.29) is 16.8 Å². The van der Waals surface area contributed by atoms with E-state index in [4.69, 9.17) is 27.9 Å². The molecule has 0 heterocycles. The van der Waals surface area contributed by atoms with Crippen molar-refractivity contribution in [2.45, 2.75) is 43.6 Å². The van der Waals surface area contributed by atoms with Crippen LogP contribution >= 0.6 is 23.2 Å². The summed E-state index contributed by atoms with van der Waals surface area (Å²) >= 11 is 12.5. The van der Waals surface area contributed by atoms with Crippen LogP contribution in [0.25, 0.3) is 0 Å². The molecule has 0 bridgehead atoms. The van der Waals surface area contributed by atoms with E-state index in [0.717, 1.165) is 24.8 Å². The van der Waals surface area contributed by atoms with Crippen LogP contribution in [0.1, 0.15) is 42.2 Å². The van der Waals surface area contributed by atoms with Crippen LogP contribution in [0.15, 0.2) is 12.1 Å². The van der Waals surface area contributed by atoms with Crippen LogP contribution < -0.4 is 0 Å². The van der Waals surface area contributed by atoms with Crippen molar-refractivity contribution >= 4 is 23.2 Å². The molecule has 1 aliphatic carbocycles. The molecule has 0 spiro atoms. The third-order valence-electron chi connectivity index (χ3n) is 3.86. The minimum Gasteiger partial charge on any atom is -0.378 e. The molecule has 1 aromatic carbocycles. The van der Waals surface area contributed by atoms with Crippen molar-refractivity contribution in [3.05, 3.63) is 34.1 Å². The van der Waals surface area contributed by atoms with Crippen LogP contribution in [0.5, 0.6) is 0 Å². The summed E-state index contributed by atoms with van der Waals surface area (Å²) in [5.41, 5.74) is 1.25. The molecule has 1 fully saturated rings. The van der Waals surface area contributed by atoms with Crippen LogP contribution in [0, 0.1) is 12.7 Å². The van der Waals surface area contributed by atoms with Crippen molar-refractivity contribution in [2.24, 2.45) is 0 Å². The van der Waals surface area contributed by atoms with E-state index in [1.165, 1.54) is 12.5 Å². The van der Waals surface area contributed by atoms with Gasteiger partial charge in [-0.05, 0) is 49.8 Å². The lowest BCUT2D eigenvalue weighted by molar-refractivity contribution is -0.0780. The largest absolute Gasteiger partial charge is 0.378 e. The van der Waals surface area contributed by atoms with E-state index in [2.05, 4.69) is 0 Å². The first-order valence-corrected chi connectivity index (χ1v) is 6.94. The fourth-order valence-electron chi connectivity index (χ4n) is 2.42. The maximum atomic E-state index is 13.4. The highest BCUT2D eigenvalue weighted by atomic mass is 35.5. The predicted molar refractivity (Wildman–Crippen MR) is 72.9 cm³/mol. The van der Waals surface area contributed by atoms with Gasteiger partial charge < -0.3 is 4.74 Å². The van der Waals surface area contributed by atoms with Crippen molar-refractivity contribution in [3.63, 3.8) is 0 Å². The maximum Gasteiger partial charge on any atom is 0.127 e. The average Bonchev–Trinajstić information content (AvgIpc) is 2.28. The quantitative estimate of drug-likeness (QED) is 0.707. The van der Waals surface area contributed by atoms with Gasteiger partial charge in [-0.3, -0.25) is 0 Å². The smallest absolute Gasteiger partial charge is 0.127 e. The Morgan fingerprint density at radius 3 is 2.61 bits per heavy atom. The zero-order chi connectivity index (χ0) is 13.3. The van der Waals surface area contributed by atoms with Gasteiger partial charge >= 0.3 is 0 Å². The number of hydrogen-bond acceptors (Lipinski definition) is 1. The Hall–Kier alpha value is -0.310. The summed E-state index contributed by atoms with van der Waals surface area (Å²) in [4.78, 5) is 0. The highest BCUT2D eigenvalue weighted by Crippen LogP contribution is 2.45. The average molecular weight is 291 g/mol. The highest BCUT2D eigenvalue weighted by molar-refractivity contribution is 6.32. The van der Waals surface area contributed by atoms with E-state index >= 15 is 0 Å². The molecule has 0 amide bonds. The molecule has 100 valence electrons. The van der Waals surface area contributed by atoms with Crippen molar-refractivity contribution < 1.29 is 9.13 Å². The second kappa shape index (κ2) is 5.36. The molecule has 1 nitrogen and oxygen atoms in total. The summed E-state index contributed by atoms with van der Waals surface area (Å²) < 4.78 is 18.9. The van der Waals surface area contributed by atoms with E-state index in [9.17, 15) is 4.39 Å². The first kappa shape index (κ1) is 14.1. The number of rotatable bonds is 4. The van der Waals surface area contributed by atoms with Gasteiger partial charge in [0.15, 0.2) is 0 Å². The minimum atomic E-state index is -0.294. The van der Waals surface area contributed by atoms with Gasteiger partial charge in [-0.1, -0.05) is 17.7 Å². The fourth-order valence-corrected chi connectivity index (χ4v) is 3.22. The van der Waals surface area contributed by atoms with Gasteiger partial charge in [0.05, 0.1) is 11.0 Å². The van der Waals surface area contributed by atoms with E-state index in [0.29, 0.717) is 10.6 Å². The first-order valence-electron chi connectivity index (χ1n) is 6.12. The molecule has 0 aliphatic heterocycles. The molecule has 0 aromatic heterocycles. The Labute approximate surface area is 117 Å². The molecule has 1 aromatic rings. The van der Waals surface area contributed by atoms with E-state index < -0.39 is 0 Å². The summed E-state index contributed by atoms with van der Waals surface area (Å²) in [5, 5.41) is 0.153. The van der Waals surface area contributed by atoms with Crippen molar-refractivity contribution in [1.29, 1.82) is 0 Å². The number of halogens is 3. The van der Waals surface area contributed by atoms with Gasteiger partial charge in [-0.2, -0.15) is 0 Å². The Morgan fingerprint density at radius 2 is 2.11 bits per heavy atom. The standard InChI is InChI=1S/C14H17Cl2FO/c1-9-6-10(11(15)7-13(9)17)12(16)8-14(18-2)4-3-5-14/h6-7,12H,3-5,8H2,1-2H3. The number of benzene rings is 1. The minimum absolute atomic E-state index is 0.113. The topological polar surface area (TPSA) is 9.23 Å². The summed E-state index contributed by atoms with van der Waals surface area (Å²) in [7, 11) is 1.72. The SMILES string of the molecule is COC1(CC(Cl)c2cc(C)c(F)cc2Cl)CCC1. The highest BCUT2D eigenvalue weighted by Gasteiger charge is 2.39. The molecule has 2 rings (SSSR count). The molecule has 0 saturated heterocycles. The molecule has 1 aliphatic rings. The first-order chi connectivity index (χ1) is 8.47. The summed E-state index contributed by atoms with van der Waals surface area (Å²) in [6, 6.07) is 3.07. The van der Waals surface area contributed by atoms with E-state index in [1.54, 1.807) is 20.1 Å². The Bertz CT molecular complexity index is 438.